The van der Waals surface area contributed by atoms with Crippen LogP contribution in [0.1, 0.15) is 37.3 Å². The van der Waals surface area contributed by atoms with Crippen LogP contribution >= 0.6 is 0 Å². The molecule has 98 valence electrons. The standard InChI is InChI=1S/C16H23NO/c1-11-3-6-16-14(7-11)9-15(18-16)10-17-12(2)8-13-4-5-13/h3,6-7,12-13,15,17H,4-5,8-10H2,1-2H3. The lowest BCUT2D eigenvalue weighted by molar-refractivity contribution is 0.220. The van der Waals surface area contributed by atoms with Crippen molar-refractivity contribution >= 4 is 0 Å². The van der Waals surface area contributed by atoms with Crippen molar-refractivity contribution in [3.63, 3.8) is 0 Å². The van der Waals surface area contributed by atoms with Gasteiger partial charge < -0.3 is 10.1 Å². The van der Waals surface area contributed by atoms with E-state index in [1.54, 1.807) is 0 Å². The third-order valence-corrected chi connectivity index (χ3v) is 4.04. The number of benzene rings is 1. The maximum absolute atomic E-state index is 5.97. The highest BCUT2D eigenvalue weighted by Crippen LogP contribution is 2.33. The average molecular weight is 245 g/mol. The van der Waals surface area contributed by atoms with Crippen molar-refractivity contribution < 1.29 is 4.74 Å². The molecule has 0 spiro atoms. The minimum atomic E-state index is 0.323. The van der Waals surface area contributed by atoms with Gasteiger partial charge in [-0.1, -0.05) is 30.5 Å². The van der Waals surface area contributed by atoms with E-state index < -0.39 is 0 Å². The van der Waals surface area contributed by atoms with Gasteiger partial charge in [-0.2, -0.15) is 0 Å². The predicted molar refractivity (Wildman–Crippen MR) is 74.1 cm³/mol. The first-order chi connectivity index (χ1) is 8.70. The van der Waals surface area contributed by atoms with Crippen LogP contribution in [0, 0.1) is 12.8 Å². The summed E-state index contributed by atoms with van der Waals surface area (Å²) in [5, 5.41) is 3.62. The van der Waals surface area contributed by atoms with Crippen LogP contribution in [0.25, 0.3) is 0 Å². The van der Waals surface area contributed by atoms with E-state index >= 15 is 0 Å². The Bertz CT molecular complexity index is 425. The van der Waals surface area contributed by atoms with Gasteiger partial charge in [-0.15, -0.1) is 0 Å². The number of hydrogen-bond donors (Lipinski definition) is 1. The van der Waals surface area contributed by atoms with Crippen molar-refractivity contribution in [3.8, 4) is 5.75 Å². The second kappa shape index (κ2) is 4.93. The highest BCUT2D eigenvalue weighted by Gasteiger charge is 2.26. The molecule has 18 heavy (non-hydrogen) atoms. The van der Waals surface area contributed by atoms with Gasteiger partial charge in [0.1, 0.15) is 11.9 Å². The molecular weight excluding hydrogens is 222 g/mol. The molecule has 3 rings (SSSR count). The molecule has 1 N–H and O–H groups in total. The van der Waals surface area contributed by atoms with Crippen LogP contribution in [0.2, 0.25) is 0 Å². The lowest BCUT2D eigenvalue weighted by Crippen LogP contribution is -2.36. The van der Waals surface area contributed by atoms with Crippen molar-refractivity contribution in [2.24, 2.45) is 5.92 Å². The lowest BCUT2D eigenvalue weighted by Gasteiger charge is -2.17. The summed E-state index contributed by atoms with van der Waals surface area (Å²) < 4.78 is 5.97. The number of hydrogen-bond acceptors (Lipinski definition) is 2. The van der Waals surface area contributed by atoms with Crippen LogP contribution in [-0.4, -0.2) is 18.7 Å². The fourth-order valence-corrected chi connectivity index (χ4v) is 2.83. The third kappa shape index (κ3) is 2.86. The Morgan fingerprint density at radius 1 is 1.39 bits per heavy atom. The summed E-state index contributed by atoms with van der Waals surface area (Å²) in [6, 6.07) is 7.12. The normalized spacial score (nSPS) is 23.6. The molecule has 2 unspecified atom stereocenters. The molecule has 1 aromatic carbocycles. The van der Waals surface area contributed by atoms with Gasteiger partial charge in [-0.25, -0.2) is 0 Å². The third-order valence-electron chi connectivity index (χ3n) is 4.04. The van der Waals surface area contributed by atoms with Crippen molar-refractivity contribution in [2.75, 3.05) is 6.54 Å². The molecule has 0 aromatic heterocycles. The fourth-order valence-electron chi connectivity index (χ4n) is 2.83. The molecule has 1 fully saturated rings. The molecule has 0 saturated heterocycles. The van der Waals surface area contributed by atoms with E-state index in [2.05, 4.69) is 37.4 Å². The SMILES string of the molecule is Cc1ccc2c(c1)CC(CNC(C)CC1CC1)O2. The number of ether oxygens (including phenoxy) is 1. The zero-order valence-corrected chi connectivity index (χ0v) is 11.4. The number of nitrogens with one attached hydrogen (secondary N) is 1. The van der Waals surface area contributed by atoms with Crippen molar-refractivity contribution in [1.82, 2.24) is 5.32 Å². The molecule has 2 heteroatoms. The second-order valence-corrected chi connectivity index (χ2v) is 6.04. The van der Waals surface area contributed by atoms with E-state index in [9.17, 15) is 0 Å². The van der Waals surface area contributed by atoms with Crippen molar-refractivity contribution in [2.45, 2.75) is 51.7 Å². The maximum atomic E-state index is 5.97. The molecule has 2 atom stereocenters. The Hall–Kier alpha value is -1.02. The van der Waals surface area contributed by atoms with Crippen LogP contribution in [0.3, 0.4) is 0 Å². The van der Waals surface area contributed by atoms with E-state index in [-0.39, 0.29) is 0 Å². The predicted octanol–water partition coefficient (Wildman–Crippen LogP) is 3.08. The average Bonchev–Trinajstić information content (AvgIpc) is 3.04. The molecule has 1 aliphatic carbocycles. The molecule has 1 heterocycles. The van der Waals surface area contributed by atoms with Gasteiger partial charge in [-0.05, 0) is 37.8 Å². The van der Waals surface area contributed by atoms with Gasteiger partial charge in [0, 0.05) is 19.0 Å². The second-order valence-electron chi connectivity index (χ2n) is 6.04. The minimum absolute atomic E-state index is 0.323. The van der Waals surface area contributed by atoms with Crippen molar-refractivity contribution in [1.29, 1.82) is 0 Å². The zero-order valence-electron chi connectivity index (χ0n) is 11.4. The van der Waals surface area contributed by atoms with Gasteiger partial charge in [0.05, 0.1) is 0 Å². The minimum Gasteiger partial charge on any atom is -0.488 e. The number of rotatable bonds is 5. The van der Waals surface area contributed by atoms with E-state index in [0.717, 1.165) is 24.6 Å². The summed E-state index contributed by atoms with van der Waals surface area (Å²) >= 11 is 0. The fraction of sp³-hybridized carbons (Fsp3) is 0.625. The summed E-state index contributed by atoms with van der Waals surface area (Å²) in [7, 11) is 0. The Morgan fingerprint density at radius 3 is 3.00 bits per heavy atom. The topological polar surface area (TPSA) is 21.3 Å². The Labute approximate surface area is 110 Å². The Kier molecular flexibility index (Phi) is 3.29. The van der Waals surface area contributed by atoms with E-state index in [1.807, 2.05) is 0 Å². The quantitative estimate of drug-likeness (QED) is 0.860. The van der Waals surface area contributed by atoms with Crippen LogP contribution in [0.15, 0.2) is 18.2 Å². The summed E-state index contributed by atoms with van der Waals surface area (Å²) in [4.78, 5) is 0. The number of aryl methyl sites for hydroxylation is 1. The van der Waals surface area contributed by atoms with Crippen LogP contribution in [0.4, 0.5) is 0 Å². The smallest absolute Gasteiger partial charge is 0.123 e. The summed E-state index contributed by atoms with van der Waals surface area (Å²) in [5.74, 6) is 2.08. The first kappa shape index (κ1) is 12.0. The molecular formula is C16H23NO. The highest BCUT2D eigenvalue weighted by molar-refractivity contribution is 5.40. The van der Waals surface area contributed by atoms with Crippen molar-refractivity contribution in [3.05, 3.63) is 29.3 Å². The lowest BCUT2D eigenvalue weighted by atomic mass is 10.1. The van der Waals surface area contributed by atoms with Gasteiger partial charge >= 0.3 is 0 Å². The van der Waals surface area contributed by atoms with Crippen LogP contribution in [0.5, 0.6) is 5.75 Å². The molecule has 2 aliphatic rings. The molecule has 1 aromatic rings. The first-order valence-electron chi connectivity index (χ1n) is 7.20. The molecule has 2 nitrogen and oxygen atoms in total. The zero-order chi connectivity index (χ0) is 12.5. The van der Waals surface area contributed by atoms with E-state index in [0.29, 0.717) is 12.1 Å². The largest absolute Gasteiger partial charge is 0.488 e. The molecule has 0 radical (unpaired) electrons. The molecule has 0 amide bonds. The molecule has 1 saturated carbocycles. The summed E-state index contributed by atoms with van der Waals surface area (Å²) in [6.45, 7) is 5.41. The van der Waals surface area contributed by atoms with Gasteiger partial charge in [0.25, 0.3) is 0 Å². The Balaban J connectivity index is 1.48. The molecule has 0 bridgehead atoms. The van der Waals surface area contributed by atoms with Gasteiger partial charge in [-0.3, -0.25) is 0 Å². The van der Waals surface area contributed by atoms with Gasteiger partial charge in [0.2, 0.25) is 0 Å². The molecule has 1 aliphatic heterocycles. The number of fused-ring (bicyclic) bond motifs is 1. The van der Waals surface area contributed by atoms with E-state index in [4.69, 9.17) is 4.74 Å². The van der Waals surface area contributed by atoms with E-state index in [1.165, 1.54) is 30.4 Å². The highest BCUT2D eigenvalue weighted by atomic mass is 16.5. The summed E-state index contributed by atoms with van der Waals surface area (Å²) in [5.41, 5.74) is 2.70. The Morgan fingerprint density at radius 2 is 2.22 bits per heavy atom. The monoisotopic (exact) mass is 245 g/mol. The van der Waals surface area contributed by atoms with Gasteiger partial charge in [0.15, 0.2) is 0 Å². The summed E-state index contributed by atoms with van der Waals surface area (Å²) in [6.07, 6.45) is 5.59. The van der Waals surface area contributed by atoms with Crippen LogP contribution in [-0.2, 0) is 6.42 Å². The van der Waals surface area contributed by atoms with Crippen LogP contribution < -0.4 is 10.1 Å². The first-order valence-corrected chi connectivity index (χ1v) is 7.20. The maximum Gasteiger partial charge on any atom is 0.123 e.